The first-order valence-electron chi connectivity index (χ1n) is 9.06. The molecule has 0 saturated carbocycles. The van der Waals surface area contributed by atoms with Gasteiger partial charge in [-0.3, -0.25) is 0 Å². The Morgan fingerprint density at radius 1 is 1.18 bits per heavy atom. The van der Waals surface area contributed by atoms with Crippen LogP contribution in [0.2, 0.25) is 5.02 Å². The van der Waals surface area contributed by atoms with Crippen LogP contribution in [0, 0.1) is 0 Å². The number of furan rings is 1. The summed E-state index contributed by atoms with van der Waals surface area (Å²) in [6.07, 6.45) is 2.35. The van der Waals surface area contributed by atoms with Crippen molar-refractivity contribution in [2.75, 3.05) is 0 Å². The van der Waals surface area contributed by atoms with E-state index in [4.69, 9.17) is 25.7 Å². The number of hydrogen-bond donors (Lipinski definition) is 0. The first-order valence-corrected chi connectivity index (χ1v) is 10.4. The molecule has 1 aliphatic heterocycles. The molecule has 0 N–H and O–H groups in total. The molecule has 142 valence electrons. The number of benzene rings is 1. The zero-order valence-corrected chi connectivity index (χ0v) is 17.1. The number of thioether (sulfide) groups is 1. The molecular formula is C21H18ClN3O2S. The molecule has 0 atom stereocenters. The molecule has 0 saturated heterocycles. The van der Waals surface area contributed by atoms with Crippen molar-refractivity contribution in [3.63, 3.8) is 0 Å². The Balaban J connectivity index is 1.53. The largest absolute Gasteiger partial charge is 0.433 e. The van der Waals surface area contributed by atoms with Gasteiger partial charge in [-0.2, -0.15) is 0 Å². The maximum Gasteiger partial charge on any atom is 0.229 e. The summed E-state index contributed by atoms with van der Waals surface area (Å²) < 4.78 is 12.0. The Labute approximate surface area is 171 Å². The molecule has 0 aliphatic carbocycles. The Morgan fingerprint density at radius 3 is 2.82 bits per heavy atom. The molecule has 5 nitrogen and oxygen atoms in total. The molecule has 0 amide bonds. The Hall–Kier alpha value is -2.15. The highest BCUT2D eigenvalue weighted by molar-refractivity contribution is 7.98. The SMILES string of the molecule is CC1(C)Cc2nc3oc4c(SCc5ccc(Cl)cc5)ncnc4c3cc2CO1. The monoisotopic (exact) mass is 411 g/mol. The topological polar surface area (TPSA) is 61.0 Å². The summed E-state index contributed by atoms with van der Waals surface area (Å²) in [6, 6.07) is 9.92. The maximum absolute atomic E-state index is 6.11. The molecule has 0 fully saturated rings. The van der Waals surface area contributed by atoms with Gasteiger partial charge in [0.25, 0.3) is 0 Å². The van der Waals surface area contributed by atoms with Crippen LogP contribution < -0.4 is 0 Å². The molecule has 0 spiro atoms. The number of pyridine rings is 1. The fourth-order valence-electron chi connectivity index (χ4n) is 3.40. The molecule has 3 aromatic heterocycles. The van der Waals surface area contributed by atoms with E-state index in [9.17, 15) is 0 Å². The van der Waals surface area contributed by atoms with Crippen molar-refractivity contribution < 1.29 is 9.15 Å². The lowest BCUT2D eigenvalue weighted by atomic mass is 9.95. The molecule has 0 radical (unpaired) electrons. The first kappa shape index (κ1) is 17.9. The van der Waals surface area contributed by atoms with Crippen molar-refractivity contribution >= 4 is 45.6 Å². The van der Waals surface area contributed by atoms with E-state index in [0.717, 1.165) is 44.4 Å². The lowest BCUT2D eigenvalue weighted by molar-refractivity contribution is -0.0411. The predicted octanol–water partition coefficient (Wildman–Crippen LogP) is 5.57. The zero-order chi connectivity index (χ0) is 19.3. The smallest absolute Gasteiger partial charge is 0.229 e. The minimum absolute atomic E-state index is 0.209. The number of aromatic nitrogens is 3. The van der Waals surface area contributed by atoms with Crippen LogP contribution in [0.15, 0.2) is 46.1 Å². The van der Waals surface area contributed by atoms with Crippen LogP contribution in [-0.2, 0) is 23.5 Å². The molecule has 28 heavy (non-hydrogen) atoms. The average Bonchev–Trinajstić information content (AvgIpc) is 3.03. The number of halogens is 1. The van der Waals surface area contributed by atoms with Crippen molar-refractivity contribution in [1.82, 2.24) is 15.0 Å². The molecule has 4 heterocycles. The second kappa shape index (κ2) is 6.72. The minimum Gasteiger partial charge on any atom is -0.433 e. The summed E-state index contributed by atoms with van der Waals surface area (Å²) in [7, 11) is 0. The molecule has 1 aromatic carbocycles. The summed E-state index contributed by atoms with van der Waals surface area (Å²) in [6.45, 7) is 4.72. The van der Waals surface area contributed by atoms with E-state index in [1.165, 1.54) is 5.56 Å². The van der Waals surface area contributed by atoms with E-state index in [0.29, 0.717) is 17.9 Å². The van der Waals surface area contributed by atoms with Gasteiger partial charge in [0.05, 0.1) is 23.3 Å². The summed E-state index contributed by atoms with van der Waals surface area (Å²) in [5.74, 6) is 0.770. The number of fused-ring (bicyclic) bond motifs is 4. The molecule has 0 bridgehead atoms. The van der Waals surface area contributed by atoms with Crippen molar-refractivity contribution in [2.45, 2.75) is 43.3 Å². The normalized spacial score (nSPS) is 15.8. The van der Waals surface area contributed by atoms with Crippen LogP contribution >= 0.6 is 23.4 Å². The van der Waals surface area contributed by atoms with E-state index in [2.05, 4.69) is 29.9 Å². The predicted molar refractivity (Wildman–Crippen MR) is 111 cm³/mol. The maximum atomic E-state index is 6.11. The van der Waals surface area contributed by atoms with Crippen LogP contribution in [-0.4, -0.2) is 20.6 Å². The molecule has 5 rings (SSSR count). The number of ether oxygens (including phenoxy) is 1. The third-order valence-electron chi connectivity index (χ3n) is 4.88. The van der Waals surface area contributed by atoms with Crippen LogP contribution in [0.3, 0.4) is 0 Å². The lowest BCUT2D eigenvalue weighted by Gasteiger charge is -2.30. The fourth-order valence-corrected chi connectivity index (χ4v) is 4.41. The standard InChI is InChI=1S/C21H18ClN3O2S/c1-21(2)8-16-13(9-26-21)7-15-17-18(27-19(15)25-16)20(24-11-23-17)28-10-12-3-5-14(22)6-4-12/h3-7,11H,8-10H2,1-2H3. The van der Waals surface area contributed by atoms with E-state index in [-0.39, 0.29) is 5.60 Å². The van der Waals surface area contributed by atoms with Gasteiger partial charge in [-0.25, -0.2) is 15.0 Å². The van der Waals surface area contributed by atoms with Gasteiger partial charge in [0.1, 0.15) is 16.9 Å². The Kier molecular flexibility index (Phi) is 4.30. The quantitative estimate of drug-likeness (QED) is 0.324. The zero-order valence-electron chi connectivity index (χ0n) is 15.5. The van der Waals surface area contributed by atoms with E-state index >= 15 is 0 Å². The summed E-state index contributed by atoms with van der Waals surface area (Å²) in [4.78, 5) is 13.7. The van der Waals surface area contributed by atoms with Crippen molar-refractivity contribution in [2.24, 2.45) is 0 Å². The molecule has 7 heteroatoms. The van der Waals surface area contributed by atoms with E-state index in [1.54, 1.807) is 18.1 Å². The molecule has 4 aromatic rings. The second-order valence-corrected chi connectivity index (χ2v) is 8.95. The number of nitrogens with zero attached hydrogens (tertiary/aromatic N) is 3. The van der Waals surface area contributed by atoms with E-state index < -0.39 is 0 Å². The van der Waals surface area contributed by atoms with Crippen LogP contribution in [0.5, 0.6) is 0 Å². The van der Waals surface area contributed by atoms with E-state index in [1.807, 2.05) is 24.3 Å². The van der Waals surface area contributed by atoms with Gasteiger partial charge in [0, 0.05) is 22.8 Å². The number of hydrogen-bond acceptors (Lipinski definition) is 6. The average molecular weight is 412 g/mol. The van der Waals surface area contributed by atoms with Gasteiger partial charge in [0.15, 0.2) is 5.58 Å². The van der Waals surface area contributed by atoms with Crippen LogP contribution in [0.1, 0.15) is 30.7 Å². The lowest BCUT2D eigenvalue weighted by Crippen LogP contribution is -2.32. The van der Waals surface area contributed by atoms with Gasteiger partial charge in [-0.15, -0.1) is 0 Å². The van der Waals surface area contributed by atoms with Crippen LogP contribution in [0.25, 0.3) is 22.2 Å². The van der Waals surface area contributed by atoms with Gasteiger partial charge in [-0.1, -0.05) is 35.5 Å². The van der Waals surface area contributed by atoms with Crippen molar-refractivity contribution in [3.05, 3.63) is 58.5 Å². The molecule has 1 aliphatic rings. The van der Waals surface area contributed by atoms with Gasteiger partial charge >= 0.3 is 0 Å². The van der Waals surface area contributed by atoms with Crippen molar-refractivity contribution in [3.8, 4) is 0 Å². The number of rotatable bonds is 3. The van der Waals surface area contributed by atoms with Gasteiger partial charge in [-0.05, 0) is 37.6 Å². The van der Waals surface area contributed by atoms with Crippen LogP contribution in [0.4, 0.5) is 0 Å². The summed E-state index contributed by atoms with van der Waals surface area (Å²) in [5, 5.41) is 2.46. The Morgan fingerprint density at radius 2 is 2.00 bits per heavy atom. The Bertz CT molecular complexity index is 1190. The first-order chi connectivity index (χ1) is 13.5. The highest BCUT2D eigenvalue weighted by Gasteiger charge is 2.28. The second-order valence-electron chi connectivity index (χ2n) is 7.55. The third-order valence-corrected chi connectivity index (χ3v) is 6.18. The fraction of sp³-hybridized carbons (Fsp3) is 0.286. The highest BCUT2D eigenvalue weighted by atomic mass is 35.5. The summed E-state index contributed by atoms with van der Waals surface area (Å²) >= 11 is 7.58. The molecular weight excluding hydrogens is 394 g/mol. The third kappa shape index (κ3) is 3.26. The molecule has 0 unspecified atom stereocenters. The summed E-state index contributed by atoms with van der Waals surface area (Å²) in [5.41, 5.74) is 5.19. The minimum atomic E-state index is -0.209. The van der Waals surface area contributed by atoms with Gasteiger partial charge < -0.3 is 9.15 Å². The van der Waals surface area contributed by atoms with Crippen molar-refractivity contribution in [1.29, 1.82) is 0 Å². The van der Waals surface area contributed by atoms with Gasteiger partial charge in [0.2, 0.25) is 5.71 Å². The highest BCUT2D eigenvalue weighted by Crippen LogP contribution is 2.36.